The zero-order chi connectivity index (χ0) is 16.7. The Morgan fingerprint density at radius 1 is 1.13 bits per heavy atom. The number of fused-ring (bicyclic) bond motifs is 1. The van der Waals surface area contributed by atoms with Gasteiger partial charge in [-0.2, -0.15) is 0 Å². The van der Waals surface area contributed by atoms with E-state index in [4.69, 9.17) is 5.11 Å². The molecule has 0 amide bonds. The highest BCUT2D eigenvalue weighted by Crippen LogP contribution is 2.27. The van der Waals surface area contributed by atoms with Crippen LogP contribution in [0.15, 0.2) is 36.4 Å². The Morgan fingerprint density at radius 3 is 2.52 bits per heavy atom. The molecule has 0 aliphatic rings. The lowest BCUT2D eigenvalue weighted by atomic mass is 10.1. The molecule has 2 aromatic carbocycles. The number of aromatic carboxylic acids is 1. The van der Waals surface area contributed by atoms with E-state index in [1.807, 2.05) is 18.4 Å². The van der Waals surface area contributed by atoms with Crippen molar-refractivity contribution in [3.8, 4) is 0 Å². The summed E-state index contributed by atoms with van der Waals surface area (Å²) in [5, 5.41) is 9.94. The molecule has 0 aliphatic carbocycles. The van der Waals surface area contributed by atoms with E-state index in [0.717, 1.165) is 28.2 Å². The van der Waals surface area contributed by atoms with Gasteiger partial charge in [0.1, 0.15) is 11.6 Å². The first-order chi connectivity index (χ1) is 10.9. The monoisotopic (exact) mass is 315 g/mol. The first kappa shape index (κ1) is 15.2. The Labute approximate surface area is 131 Å². The van der Waals surface area contributed by atoms with Gasteiger partial charge in [-0.3, -0.25) is 0 Å². The Morgan fingerprint density at radius 2 is 1.87 bits per heavy atom. The van der Waals surface area contributed by atoms with Crippen molar-refractivity contribution in [3.05, 3.63) is 70.4 Å². The maximum Gasteiger partial charge on any atom is 0.335 e. The third-order valence-electron chi connectivity index (χ3n) is 4.23. The average molecular weight is 315 g/mol. The summed E-state index contributed by atoms with van der Waals surface area (Å²) in [7, 11) is 0. The number of carboxylic acids is 1. The van der Waals surface area contributed by atoms with Gasteiger partial charge in [0.25, 0.3) is 0 Å². The van der Waals surface area contributed by atoms with Gasteiger partial charge >= 0.3 is 5.97 Å². The fraction of sp³-hybridized carbons (Fsp3) is 0.167. The second kappa shape index (κ2) is 5.50. The second-order valence-corrected chi connectivity index (χ2v) is 5.57. The van der Waals surface area contributed by atoms with Crippen molar-refractivity contribution in [1.29, 1.82) is 0 Å². The number of rotatable bonds is 3. The van der Waals surface area contributed by atoms with Crippen molar-refractivity contribution >= 4 is 16.9 Å². The number of halogens is 2. The fourth-order valence-electron chi connectivity index (χ4n) is 2.81. The molecule has 0 radical (unpaired) electrons. The molecule has 5 heteroatoms. The summed E-state index contributed by atoms with van der Waals surface area (Å²) in [6.07, 6.45) is 0. The highest BCUT2D eigenvalue weighted by molar-refractivity contribution is 5.95. The van der Waals surface area contributed by atoms with Crippen molar-refractivity contribution in [2.75, 3.05) is 0 Å². The van der Waals surface area contributed by atoms with E-state index < -0.39 is 17.6 Å². The third-order valence-corrected chi connectivity index (χ3v) is 4.23. The van der Waals surface area contributed by atoms with Crippen LogP contribution >= 0.6 is 0 Å². The Balaban J connectivity index is 2.14. The van der Waals surface area contributed by atoms with Gasteiger partial charge in [-0.15, -0.1) is 0 Å². The van der Waals surface area contributed by atoms with Gasteiger partial charge in [0.2, 0.25) is 0 Å². The van der Waals surface area contributed by atoms with E-state index in [1.165, 1.54) is 18.2 Å². The summed E-state index contributed by atoms with van der Waals surface area (Å²) in [5.41, 5.74) is 3.30. The number of hydrogen-bond acceptors (Lipinski definition) is 1. The first-order valence-corrected chi connectivity index (χ1v) is 7.15. The van der Waals surface area contributed by atoms with E-state index in [9.17, 15) is 13.6 Å². The lowest BCUT2D eigenvalue weighted by molar-refractivity contribution is 0.0697. The molecule has 3 rings (SSSR count). The summed E-state index contributed by atoms with van der Waals surface area (Å²) in [5.74, 6) is -2.19. The van der Waals surface area contributed by atoms with Gasteiger partial charge in [-0.1, -0.05) is 6.07 Å². The molecule has 0 fully saturated rings. The number of aryl methyl sites for hydroxylation is 1. The van der Waals surface area contributed by atoms with Crippen LogP contribution in [0.25, 0.3) is 10.9 Å². The molecule has 0 saturated carbocycles. The molecule has 1 N–H and O–H groups in total. The average Bonchev–Trinajstić information content (AvgIpc) is 2.74. The van der Waals surface area contributed by atoms with E-state index in [-0.39, 0.29) is 12.1 Å². The molecular formula is C18H15F2NO2. The summed E-state index contributed by atoms with van der Waals surface area (Å²) in [6, 6.07) is 8.40. The summed E-state index contributed by atoms with van der Waals surface area (Å²) < 4.78 is 28.9. The molecule has 118 valence electrons. The summed E-state index contributed by atoms with van der Waals surface area (Å²) in [4.78, 5) is 11.1. The predicted octanol–water partition coefficient (Wildman–Crippen LogP) is 4.28. The van der Waals surface area contributed by atoms with Crippen LogP contribution in [0.4, 0.5) is 8.78 Å². The minimum Gasteiger partial charge on any atom is -0.478 e. The van der Waals surface area contributed by atoms with Crippen molar-refractivity contribution in [2.45, 2.75) is 20.4 Å². The Kier molecular flexibility index (Phi) is 3.64. The minimum atomic E-state index is -0.985. The van der Waals surface area contributed by atoms with Gasteiger partial charge in [-0.25, -0.2) is 13.6 Å². The van der Waals surface area contributed by atoms with E-state index in [1.54, 1.807) is 12.1 Å². The van der Waals surface area contributed by atoms with Gasteiger partial charge in [0.05, 0.1) is 12.1 Å². The SMILES string of the molecule is Cc1c(C)n(Cc2ccc(F)cc2F)c2ccc(C(=O)O)cc12. The zero-order valence-corrected chi connectivity index (χ0v) is 12.7. The van der Waals surface area contributed by atoms with Gasteiger partial charge in [0.15, 0.2) is 0 Å². The standard InChI is InChI=1S/C18H15F2NO2/c1-10-11(2)21(9-13-3-5-14(19)8-16(13)20)17-6-4-12(18(22)23)7-15(10)17/h3-8H,9H2,1-2H3,(H,22,23). The topological polar surface area (TPSA) is 42.2 Å². The van der Waals surface area contributed by atoms with Crippen molar-refractivity contribution < 1.29 is 18.7 Å². The minimum absolute atomic E-state index is 0.214. The Bertz CT molecular complexity index is 928. The number of hydrogen-bond donors (Lipinski definition) is 1. The molecule has 0 atom stereocenters. The molecular weight excluding hydrogens is 300 g/mol. The molecule has 23 heavy (non-hydrogen) atoms. The summed E-state index contributed by atoms with van der Waals surface area (Å²) >= 11 is 0. The lowest BCUT2D eigenvalue weighted by Crippen LogP contribution is -2.04. The van der Waals surface area contributed by atoms with Crippen LogP contribution in [0.2, 0.25) is 0 Å². The number of carbonyl (C=O) groups is 1. The summed E-state index contributed by atoms with van der Waals surface area (Å²) in [6.45, 7) is 4.06. The second-order valence-electron chi connectivity index (χ2n) is 5.57. The normalized spacial score (nSPS) is 11.1. The van der Waals surface area contributed by atoms with Crippen LogP contribution in [-0.2, 0) is 6.54 Å². The number of nitrogens with zero attached hydrogens (tertiary/aromatic N) is 1. The maximum absolute atomic E-state index is 13.9. The van der Waals surface area contributed by atoms with E-state index in [2.05, 4.69) is 0 Å². The van der Waals surface area contributed by atoms with E-state index in [0.29, 0.717) is 5.56 Å². The van der Waals surface area contributed by atoms with Crippen LogP contribution in [0.5, 0.6) is 0 Å². The smallest absolute Gasteiger partial charge is 0.335 e. The van der Waals surface area contributed by atoms with Gasteiger partial charge in [-0.05, 0) is 43.7 Å². The Hall–Kier alpha value is -2.69. The molecule has 0 bridgehead atoms. The van der Waals surface area contributed by atoms with Crippen molar-refractivity contribution in [2.24, 2.45) is 0 Å². The highest BCUT2D eigenvalue weighted by Gasteiger charge is 2.15. The molecule has 0 unspecified atom stereocenters. The molecule has 1 aromatic heterocycles. The number of carboxylic acid groups (broad SMARTS) is 1. The molecule has 1 heterocycles. The van der Waals surface area contributed by atoms with Crippen LogP contribution < -0.4 is 0 Å². The molecule has 3 aromatic rings. The number of aromatic nitrogens is 1. The molecule has 3 nitrogen and oxygen atoms in total. The molecule has 0 spiro atoms. The van der Waals surface area contributed by atoms with Crippen LogP contribution in [0.1, 0.15) is 27.2 Å². The van der Waals surface area contributed by atoms with Gasteiger partial charge in [0, 0.05) is 28.2 Å². The quantitative estimate of drug-likeness (QED) is 0.784. The molecule has 0 saturated heterocycles. The highest BCUT2D eigenvalue weighted by atomic mass is 19.1. The number of benzene rings is 2. The predicted molar refractivity (Wildman–Crippen MR) is 83.8 cm³/mol. The maximum atomic E-state index is 13.9. The van der Waals surface area contributed by atoms with Crippen LogP contribution in [0, 0.1) is 25.5 Å². The van der Waals surface area contributed by atoms with Crippen molar-refractivity contribution in [1.82, 2.24) is 4.57 Å². The van der Waals surface area contributed by atoms with E-state index >= 15 is 0 Å². The lowest BCUT2D eigenvalue weighted by Gasteiger charge is -2.10. The van der Waals surface area contributed by atoms with Crippen LogP contribution in [-0.4, -0.2) is 15.6 Å². The van der Waals surface area contributed by atoms with Crippen molar-refractivity contribution in [3.63, 3.8) is 0 Å². The van der Waals surface area contributed by atoms with Crippen LogP contribution in [0.3, 0.4) is 0 Å². The first-order valence-electron chi connectivity index (χ1n) is 7.15. The molecule has 0 aliphatic heterocycles. The fourth-order valence-corrected chi connectivity index (χ4v) is 2.81. The largest absolute Gasteiger partial charge is 0.478 e. The zero-order valence-electron chi connectivity index (χ0n) is 12.7. The van der Waals surface area contributed by atoms with Gasteiger partial charge < -0.3 is 9.67 Å². The third kappa shape index (κ3) is 2.59.